The third-order valence-corrected chi connectivity index (χ3v) is 7.00. The van der Waals surface area contributed by atoms with E-state index in [1.54, 1.807) is 16.0 Å². The van der Waals surface area contributed by atoms with Crippen LogP contribution in [-0.2, 0) is 0 Å². The molecule has 184 valence electrons. The van der Waals surface area contributed by atoms with Crippen molar-refractivity contribution in [2.45, 2.75) is 24.9 Å². The molecule has 3 heterocycles. The summed E-state index contributed by atoms with van der Waals surface area (Å²) in [6, 6.07) is 11.8. The van der Waals surface area contributed by atoms with Crippen LogP contribution in [0, 0.1) is 17.6 Å². The van der Waals surface area contributed by atoms with Crippen LogP contribution in [0.2, 0.25) is 0 Å². The third kappa shape index (κ3) is 3.54. The lowest BCUT2D eigenvalue weighted by atomic mass is 9.96. The van der Waals surface area contributed by atoms with E-state index in [0.29, 0.717) is 5.56 Å². The maximum Gasteiger partial charge on any atom is 0.278 e. The highest BCUT2D eigenvalue weighted by Crippen LogP contribution is 2.42. The van der Waals surface area contributed by atoms with E-state index in [1.807, 2.05) is 36.4 Å². The number of nitrogens with zero attached hydrogens (tertiary/aromatic N) is 3. The molecule has 36 heavy (non-hydrogen) atoms. The van der Waals surface area contributed by atoms with Gasteiger partial charge in [-0.1, -0.05) is 36.4 Å². The molecule has 1 fully saturated rings. The van der Waals surface area contributed by atoms with Crippen LogP contribution in [0.15, 0.2) is 71.7 Å². The quantitative estimate of drug-likeness (QED) is 0.554. The molecule has 7 nitrogen and oxygen atoms in total. The van der Waals surface area contributed by atoms with E-state index in [0.717, 1.165) is 24.5 Å². The predicted molar refractivity (Wildman–Crippen MR) is 127 cm³/mol. The van der Waals surface area contributed by atoms with E-state index in [2.05, 4.69) is 0 Å². The first-order valence-corrected chi connectivity index (χ1v) is 11.8. The zero-order chi connectivity index (χ0) is 25.0. The van der Waals surface area contributed by atoms with Crippen LogP contribution in [0.5, 0.6) is 11.5 Å². The number of benzene rings is 2. The van der Waals surface area contributed by atoms with E-state index < -0.39 is 34.8 Å². The van der Waals surface area contributed by atoms with Crippen LogP contribution >= 0.6 is 0 Å². The Labute approximate surface area is 205 Å². The molecule has 2 aromatic carbocycles. The van der Waals surface area contributed by atoms with Crippen molar-refractivity contribution in [2.75, 3.05) is 18.3 Å². The minimum atomic E-state index is -1.10. The molecule has 0 saturated heterocycles. The molecule has 0 unspecified atom stereocenters. The lowest BCUT2D eigenvalue weighted by Crippen LogP contribution is -2.58. The molecule has 1 aromatic heterocycles. The Morgan fingerprint density at radius 1 is 1.00 bits per heavy atom. The fourth-order valence-electron chi connectivity index (χ4n) is 5.13. The smallest absolute Gasteiger partial charge is 0.278 e. The van der Waals surface area contributed by atoms with Gasteiger partial charge in [-0.05, 0) is 42.5 Å². The average Bonchev–Trinajstić information content (AvgIpc) is 3.72. The van der Waals surface area contributed by atoms with Crippen molar-refractivity contribution in [2.24, 2.45) is 5.92 Å². The maximum atomic E-state index is 15.1. The predicted octanol–water partition coefficient (Wildman–Crippen LogP) is 3.70. The monoisotopic (exact) mass is 491 g/mol. The summed E-state index contributed by atoms with van der Waals surface area (Å²) in [7, 11) is 0. The van der Waals surface area contributed by atoms with Crippen LogP contribution < -0.4 is 15.2 Å². The molecular formula is C27H23F2N3O4. The van der Waals surface area contributed by atoms with Gasteiger partial charge in [-0.2, -0.15) is 4.39 Å². The fourth-order valence-corrected chi connectivity index (χ4v) is 5.13. The van der Waals surface area contributed by atoms with Crippen molar-refractivity contribution in [3.05, 3.63) is 106 Å². The van der Waals surface area contributed by atoms with Gasteiger partial charge in [0.2, 0.25) is 11.2 Å². The molecule has 0 spiro atoms. The molecule has 3 aromatic rings. The summed E-state index contributed by atoms with van der Waals surface area (Å²) >= 11 is 0. The van der Waals surface area contributed by atoms with Gasteiger partial charge < -0.3 is 14.7 Å². The van der Waals surface area contributed by atoms with Gasteiger partial charge in [0.05, 0.1) is 6.04 Å². The number of hydrogen-bond acceptors (Lipinski definition) is 5. The molecule has 1 saturated carbocycles. The van der Waals surface area contributed by atoms with E-state index in [9.17, 15) is 19.1 Å². The van der Waals surface area contributed by atoms with Gasteiger partial charge >= 0.3 is 0 Å². The zero-order valence-electron chi connectivity index (χ0n) is 19.2. The Kier molecular flexibility index (Phi) is 5.28. The Morgan fingerprint density at radius 2 is 1.78 bits per heavy atom. The minimum absolute atomic E-state index is 0.0177. The Bertz CT molecular complexity index is 1430. The molecule has 1 amide bonds. The number of hydrogen-bond donors (Lipinski definition) is 1. The van der Waals surface area contributed by atoms with Crippen LogP contribution in [-0.4, -0.2) is 39.9 Å². The summed E-state index contributed by atoms with van der Waals surface area (Å²) in [5.41, 5.74) is 0.226. The Morgan fingerprint density at radius 3 is 2.53 bits per heavy atom. The van der Waals surface area contributed by atoms with E-state index in [1.165, 1.54) is 23.0 Å². The van der Waals surface area contributed by atoms with Gasteiger partial charge in [-0.3, -0.25) is 19.3 Å². The first-order valence-electron chi connectivity index (χ1n) is 11.8. The Hall–Kier alpha value is -4.14. The van der Waals surface area contributed by atoms with E-state index in [4.69, 9.17) is 4.74 Å². The summed E-state index contributed by atoms with van der Waals surface area (Å²) < 4.78 is 36.7. The highest BCUT2D eigenvalue weighted by atomic mass is 19.2. The van der Waals surface area contributed by atoms with Gasteiger partial charge in [0.25, 0.3) is 5.91 Å². The molecule has 3 aliphatic rings. The fraction of sp³-hybridized carbons (Fsp3) is 0.259. The number of pyridine rings is 1. The number of carbonyl (C=O) groups is 1. The summed E-state index contributed by atoms with van der Waals surface area (Å²) in [5.74, 6) is -3.28. The largest absolute Gasteiger partial charge is 0.502 e. The third-order valence-electron chi connectivity index (χ3n) is 7.00. The van der Waals surface area contributed by atoms with Crippen molar-refractivity contribution in [3.63, 3.8) is 0 Å². The first kappa shape index (κ1) is 22.3. The summed E-state index contributed by atoms with van der Waals surface area (Å²) in [5, 5.41) is 12.5. The molecule has 2 atom stereocenters. The molecule has 2 aliphatic heterocycles. The van der Waals surface area contributed by atoms with Gasteiger partial charge in [-0.25, -0.2) is 4.39 Å². The maximum absolute atomic E-state index is 15.1. The molecule has 6 rings (SSSR count). The summed E-state index contributed by atoms with van der Waals surface area (Å²) in [6.07, 6.45) is 6.81. The second-order valence-electron chi connectivity index (χ2n) is 9.24. The SMILES string of the molecule is O=C1c2c(O)c(=O)ccn2N2CN1[C@@H](C1CC1)/C=C\COc1c(ccc(F)c1F)[C@@H]2c1ccccc1. The van der Waals surface area contributed by atoms with Crippen LogP contribution in [0.25, 0.3) is 0 Å². The first-order chi connectivity index (χ1) is 17.5. The van der Waals surface area contributed by atoms with E-state index >= 15 is 4.39 Å². The molecule has 1 N–H and O–H groups in total. The number of amides is 1. The van der Waals surface area contributed by atoms with Gasteiger partial charge in [0.15, 0.2) is 23.0 Å². The highest BCUT2D eigenvalue weighted by Gasteiger charge is 2.44. The standard InChI is InChI=1S/C27H23F2N3O4/c28-19-11-10-18-23(17-5-2-1-3-6-17)32-15-30(27(35)24-25(34)21(33)12-13-31(24)32)20(16-8-9-16)7-4-14-36-26(18)22(19)29/h1-7,10-13,16,20,23,34H,8-9,14-15H2/b7-4-/t20-,23+/m1/s1. The second-order valence-corrected chi connectivity index (χ2v) is 9.24. The number of ether oxygens (including phenoxy) is 1. The van der Waals surface area contributed by atoms with Crippen LogP contribution in [0.3, 0.4) is 0 Å². The average molecular weight is 491 g/mol. The van der Waals surface area contributed by atoms with Gasteiger partial charge in [0.1, 0.15) is 19.3 Å². The summed E-state index contributed by atoms with van der Waals surface area (Å²) in [4.78, 5) is 27.7. The van der Waals surface area contributed by atoms with Crippen molar-refractivity contribution in [1.29, 1.82) is 0 Å². The van der Waals surface area contributed by atoms with Gasteiger partial charge in [-0.15, -0.1) is 0 Å². The topological polar surface area (TPSA) is 75.0 Å². The number of rotatable bonds is 2. The number of aromatic nitrogens is 1. The molecular weight excluding hydrogens is 468 g/mol. The van der Waals surface area contributed by atoms with Crippen molar-refractivity contribution >= 4 is 5.91 Å². The van der Waals surface area contributed by atoms with Crippen molar-refractivity contribution < 1.29 is 23.4 Å². The number of aromatic hydroxyl groups is 1. The molecule has 0 radical (unpaired) electrons. The Balaban J connectivity index is 1.65. The highest BCUT2D eigenvalue weighted by molar-refractivity contribution is 5.96. The van der Waals surface area contributed by atoms with Crippen molar-refractivity contribution in [3.8, 4) is 11.5 Å². The van der Waals surface area contributed by atoms with Crippen LogP contribution in [0.4, 0.5) is 8.78 Å². The lowest BCUT2D eigenvalue weighted by Gasteiger charge is -2.46. The normalized spacial score (nSPS) is 22.2. The van der Waals surface area contributed by atoms with E-state index in [-0.39, 0.29) is 36.7 Å². The zero-order valence-corrected chi connectivity index (χ0v) is 19.2. The van der Waals surface area contributed by atoms with Gasteiger partial charge in [0, 0.05) is 17.8 Å². The lowest BCUT2D eigenvalue weighted by molar-refractivity contribution is 0.0610. The van der Waals surface area contributed by atoms with Crippen LogP contribution in [0.1, 0.15) is 40.5 Å². The number of carbonyl (C=O) groups excluding carboxylic acids is 1. The second kappa shape index (κ2) is 8.51. The molecule has 1 aliphatic carbocycles. The minimum Gasteiger partial charge on any atom is -0.502 e. The number of fused-ring (bicyclic) bond motifs is 5. The van der Waals surface area contributed by atoms with Crippen molar-refractivity contribution in [1.82, 2.24) is 9.58 Å². The molecule has 9 heteroatoms. The number of halogens is 2. The summed E-state index contributed by atoms with van der Waals surface area (Å²) in [6.45, 7) is 0.0633. The molecule has 2 bridgehead atoms.